The molecule has 1 aromatic carbocycles. The van der Waals surface area contributed by atoms with Gasteiger partial charge >= 0.3 is 5.97 Å². The molecule has 0 saturated carbocycles. The zero-order chi connectivity index (χ0) is 13.4. The summed E-state index contributed by atoms with van der Waals surface area (Å²) in [5.74, 6) is -0.772. The Bertz CT molecular complexity index is 428. The molecule has 0 unspecified atom stereocenters. The third kappa shape index (κ3) is 5.16. The summed E-state index contributed by atoms with van der Waals surface area (Å²) in [6.07, 6.45) is 1.84. The first-order valence-electron chi connectivity index (χ1n) is 5.43. The highest BCUT2D eigenvalue weighted by molar-refractivity contribution is 5.93. The predicted molar refractivity (Wildman–Crippen MR) is 66.3 cm³/mol. The van der Waals surface area contributed by atoms with Crippen molar-refractivity contribution in [2.45, 2.75) is 0 Å². The summed E-state index contributed by atoms with van der Waals surface area (Å²) in [5, 5.41) is 8.39. The number of aliphatic carboxylic acids is 1. The van der Waals surface area contributed by atoms with Gasteiger partial charge in [-0.2, -0.15) is 0 Å². The van der Waals surface area contributed by atoms with Crippen molar-refractivity contribution in [1.82, 2.24) is 4.90 Å². The number of rotatable bonds is 6. The SMILES string of the molecule is CN(CCOc1ccccc1)C(=O)/C=C/C(=O)O. The minimum Gasteiger partial charge on any atom is -0.492 e. The van der Waals surface area contributed by atoms with Gasteiger partial charge in [0, 0.05) is 19.2 Å². The van der Waals surface area contributed by atoms with Gasteiger partial charge in [-0.15, -0.1) is 0 Å². The third-order valence-corrected chi connectivity index (χ3v) is 2.18. The zero-order valence-electron chi connectivity index (χ0n) is 10.1. The summed E-state index contributed by atoms with van der Waals surface area (Å²) in [6.45, 7) is 0.741. The molecule has 5 nitrogen and oxygen atoms in total. The number of hydrogen-bond donors (Lipinski definition) is 1. The number of carboxylic acid groups (broad SMARTS) is 1. The lowest BCUT2D eigenvalue weighted by molar-refractivity contribution is -0.132. The van der Waals surface area contributed by atoms with E-state index >= 15 is 0 Å². The molecule has 0 atom stereocenters. The molecule has 0 bridgehead atoms. The Balaban J connectivity index is 2.31. The molecular formula is C13H15NO4. The first kappa shape index (κ1) is 13.8. The van der Waals surface area contributed by atoms with Crippen molar-refractivity contribution in [1.29, 1.82) is 0 Å². The van der Waals surface area contributed by atoms with Crippen molar-refractivity contribution in [3.63, 3.8) is 0 Å². The number of carbonyl (C=O) groups excluding carboxylic acids is 1. The lowest BCUT2D eigenvalue weighted by Gasteiger charge is -2.15. The van der Waals surface area contributed by atoms with Crippen molar-refractivity contribution in [3.05, 3.63) is 42.5 Å². The second kappa shape index (κ2) is 7.11. The van der Waals surface area contributed by atoms with Crippen LogP contribution in [0.5, 0.6) is 5.75 Å². The van der Waals surface area contributed by atoms with Crippen LogP contribution in [0.25, 0.3) is 0 Å². The smallest absolute Gasteiger partial charge is 0.328 e. The normalized spacial score (nSPS) is 10.3. The minimum atomic E-state index is -1.14. The predicted octanol–water partition coefficient (Wildman–Crippen LogP) is 1.16. The summed E-state index contributed by atoms with van der Waals surface area (Å²) in [6, 6.07) is 9.26. The van der Waals surface area contributed by atoms with Crippen molar-refractivity contribution in [3.8, 4) is 5.75 Å². The van der Waals surface area contributed by atoms with Gasteiger partial charge in [0.2, 0.25) is 5.91 Å². The standard InChI is InChI=1S/C13H15NO4/c1-14(12(15)7-8-13(16)17)9-10-18-11-5-3-2-4-6-11/h2-8H,9-10H2,1H3,(H,16,17)/b8-7+. The van der Waals surface area contributed by atoms with E-state index in [-0.39, 0.29) is 5.91 Å². The summed E-state index contributed by atoms with van der Waals surface area (Å²) in [4.78, 5) is 23.0. The Morgan fingerprint density at radius 1 is 1.28 bits per heavy atom. The third-order valence-electron chi connectivity index (χ3n) is 2.18. The highest BCUT2D eigenvalue weighted by Crippen LogP contribution is 2.07. The highest BCUT2D eigenvalue weighted by atomic mass is 16.5. The van der Waals surface area contributed by atoms with E-state index in [4.69, 9.17) is 9.84 Å². The Morgan fingerprint density at radius 2 is 1.94 bits per heavy atom. The van der Waals surface area contributed by atoms with Crippen LogP contribution in [0.1, 0.15) is 0 Å². The summed E-state index contributed by atoms with van der Waals surface area (Å²) < 4.78 is 5.42. The van der Waals surface area contributed by atoms with Gasteiger partial charge in [-0.25, -0.2) is 4.79 Å². The number of amides is 1. The molecule has 0 saturated heterocycles. The van der Waals surface area contributed by atoms with Gasteiger partial charge in [-0.3, -0.25) is 4.79 Å². The minimum absolute atomic E-state index is 0.354. The molecule has 18 heavy (non-hydrogen) atoms. The average Bonchev–Trinajstić information content (AvgIpc) is 2.37. The number of nitrogens with zero attached hydrogens (tertiary/aromatic N) is 1. The van der Waals surface area contributed by atoms with E-state index in [2.05, 4.69) is 0 Å². The first-order valence-corrected chi connectivity index (χ1v) is 5.43. The van der Waals surface area contributed by atoms with E-state index in [1.54, 1.807) is 7.05 Å². The molecule has 1 N–H and O–H groups in total. The highest BCUT2D eigenvalue weighted by Gasteiger charge is 2.05. The lowest BCUT2D eigenvalue weighted by atomic mass is 10.3. The molecule has 0 fully saturated rings. The van der Waals surface area contributed by atoms with E-state index in [0.717, 1.165) is 17.9 Å². The van der Waals surface area contributed by atoms with E-state index in [0.29, 0.717) is 13.2 Å². The Labute approximate surface area is 105 Å². The molecule has 0 aliphatic heterocycles. The summed E-state index contributed by atoms with van der Waals surface area (Å²) in [7, 11) is 1.59. The first-order chi connectivity index (χ1) is 8.59. The van der Waals surface area contributed by atoms with Gasteiger partial charge in [0.05, 0.1) is 6.54 Å². The number of benzene rings is 1. The van der Waals surface area contributed by atoms with Crippen molar-refractivity contribution in [2.24, 2.45) is 0 Å². The Hall–Kier alpha value is -2.30. The second-order valence-electron chi connectivity index (χ2n) is 3.59. The van der Waals surface area contributed by atoms with Crippen LogP contribution in [0.15, 0.2) is 42.5 Å². The maximum Gasteiger partial charge on any atom is 0.328 e. The second-order valence-corrected chi connectivity index (χ2v) is 3.59. The largest absolute Gasteiger partial charge is 0.492 e. The maximum absolute atomic E-state index is 11.4. The summed E-state index contributed by atoms with van der Waals surface area (Å²) in [5.41, 5.74) is 0. The molecule has 5 heteroatoms. The zero-order valence-corrected chi connectivity index (χ0v) is 10.1. The molecule has 0 aliphatic carbocycles. The number of hydrogen-bond acceptors (Lipinski definition) is 3. The van der Waals surface area contributed by atoms with Crippen LogP contribution in [0.4, 0.5) is 0 Å². The topological polar surface area (TPSA) is 66.8 Å². The molecular weight excluding hydrogens is 234 g/mol. The molecule has 1 rings (SSSR count). The molecule has 0 heterocycles. The summed E-state index contributed by atoms with van der Waals surface area (Å²) >= 11 is 0. The van der Waals surface area contributed by atoms with Crippen LogP contribution in [-0.2, 0) is 9.59 Å². The Morgan fingerprint density at radius 3 is 2.56 bits per heavy atom. The van der Waals surface area contributed by atoms with E-state index in [1.807, 2.05) is 30.3 Å². The van der Waals surface area contributed by atoms with E-state index in [1.165, 1.54) is 4.90 Å². The fraction of sp³-hybridized carbons (Fsp3) is 0.231. The van der Waals surface area contributed by atoms with Gasteiger partial charge in [-0.1, -0.05) is 18.2 Å². The van der Waals surface area contributed by atoms with Gasteiger partial charge in [0.1, 0.15) is 12.4 Å². The molecule has 0 aromatic heterocycles. The van der Waals surface area contributed by atoms with Crippen LogP contribution < -0.4 is 4.74 Å². The van der Waals surface area contributed by atoms with Crippen molar-refractivity contribution in [2.75, 3.05) is 20.2 Å². The lowest BCUT2D eigenvalue weighted by Crippen LogP contribution is -2.29. The molecule has 1 amide bonds. The molecule has 0 spiro atoms. The van der Waals surface area contributed by atoms with Crippen molar-refractivity contribution < 1.29 is 19.4 Å². The van der Waals surface area contributed by atoms with Crippen LogP contribution in [-0.4, -0.2) is 42.1 Å². The van der Waals surface area contributed by atoms with E-state index in [9.17, 15) is 9.59 Å². The van der Waals surface area contributed by atoms with E-state index < -0.39 is 5.97 Å². The van der Waals surface area contributed by atoms with Crippen molar-refractivity contribution >= 4 is 11.9 Å². The quantitative estimate of drug-likeness (QED) is 0.768. The molecule has 0 aliphatic rings. The molecule has 96 valence electrons. The van der Waals surface area contributed by atoms with Gasteiger partial charge < -0.3 is 14.7 Å². The molecule has 0 radical (unpaired) electrons. The monoisotopic (exact) mass is 249 g/mol. The maximum atomic E-state index is 11.4. The van der Waals surface area contributed by atoms with Crippen LogP contribution >= 0.6 is 0 Å². The number of carboxylic acids is 1. The number of para-hydroxylation sites is 1. The fourth-order valence-electron chi connectivity index (χ4n) is 1.20. The fourth-order valence-corrected chi connectivity index (χ4v) is 1.20. The molecule has 1 aromatic rings. The van der Waals surface area contributed by atoms with Gasteiger partial charge in [0.25, 0.3) is 0 Å². The van der Waals surface area contributed by atoms with Crippen LogP contribution in [0.2, 0.25) is 0 Å². The van der Waals surface area contributed by atoms with Crippen LogP contribution in [0, 0.1) is 0 Å². The van der Waals surface area contributed by atoms with Gasteiger partial charge in [0.15, 0.2) is 0 Å². The Kier molecular flexibility index (Phi) is 5.44. The average molecular weight is 249 g/mol. The number of likely N-dealkylation sites (N-methyl/N-ethyl adjacent to an activating group) is 1. The number of ether oxygens (including phenoxy) is 1. The number of carbonyl (C=O) groups is 2. The van der Waals surface area contributed by atoms with Gasteiger partial charge in [-0.05, 0) is 12.1 Å². The van der Waals surface area contributed by atoms with Crippen LogP contribution in [0.3, 0.4) is 0 Å².